The molecule has 4 N–H and O–H groups in total. The Bertz CT molecular complexity index is 723. The van der Waals surface area contributed by atoms with Crippen molar-refractivity contribution < 1.29 is 54.6 Å². The molecule has 154 valence electrons. The quantitative estimate of drug-likeness (QED) is 0.139. The molecule has 0 aromatic carbocycles. The number of rotatable bonds is 16. The van der Waals surface area contributed by atoms with Crippen LogP contribution in [0.4, 0.5) is 0 Å². The van der Waals surface area contributed by atoms with Gasteiger partial charge in [0, 0.05) is 0 Å². The second kappa shape index (κ2) is 11.5. The molecular formula is C16H24O10Se. The Morgan fingerprint density at radius 1 is 1.07 bits per heavy atom. The maximum atomic E-state index is 12.7. The summed E-state index contributed by atoms with van der Waals surface area (Å²) in [5, 5.41) is 43.9. The van der Waals surface area contributed by atoms with Crippen molar-refractivity contribution in [3.8, 4) is 0 Å². The van der Waals surface area contributed by atoms with Crippen LogP contribution < -0.4 is 0 Å². The van der Waals surface area contributed by atoms with Gasteiger partial charge in [-0.05, 0) is 0 Å². The zero-order valence-corrected chi connectivity index (χ0v) is 16.2. The van der Waals surface area contributed by atoms with E-state index in [0.29, 0.717) is 0 Å². The molecule has 4 atom stereocenters. The summed E-state index contributed by atoms with van der Waals surface area (Å²) in [7, 11) is 0. The Balaban J connectivity index is 6.78. The molecule has 11 heteroatoms. The number of aliphatic hydroxyl groups excluding tert-OH is 1. The predicted octanol–water partition coefficient (Wildman–Crippen LogP) is -2.81. The van der Waals surface area contributed by atoms with Crippen molar-refractivity contribution in [2.24, 2.45) is 0 Å². The van der Waals surface area contributed by atoms with Crippen LogP contribution in [-0.4, -0.2) is 101 Å². The first-order valence-corrected chi connectivity index (χ1v) is 9.72. The van der Waals surface area contributed by atoms with Crippen molar-refractivity contribution >= 4 is 44.7 Å². The van der Waals surface area contributed by atoms with Gasteiger partial charge in [0.15, 0.2) is 0 Å². The minimum atomic E-state index is -3.58. The van der Waals surface area contributed by atoms with Crippen LogP contribution in [0.3, 0.4) is 0 Å². The van der Waals surface area contributed by atoms with E-state index in [2.05, 4.69) is 4.74 Å². The molecule has 10 nitrogen and oxygen atoms in total. The van der Waals surface area contributed by atoms with Crippen LogP contribution in [-0.2, 0) is 28.7 Å². The summed E-state index contributed by atoms with van der Waals surface area (Å²) < 4.78 is 31.5. The summed E-state index contributed by atoms with van der Waals surface area (Å²) >= 11 is -1.16. The first-order valence-electron chi connectivity index (χ1n) is 9.65. The SMILES string of the molecule is [2H]C(=O)COC[C@@H](O)[C@](O)(CC([2H])=O)[C@@](O)(CC([2H])=O)[C@](O)(CC([2H])=O)C(=O)[Se]CC. The van der Waals surface area contributed by atoms with Crippen molar-refractivity contribution in [1.29, 1.82) is 0 Å². The molecule has 0 spiro atoms. The van der Waals surface area contributed by atoms with Gasteiger partial charge in [0.25, 0.3) is 0 Å². The molecule has 0 aliphatic heterocycles. The Labute approximate surface area is 167 Å². The van der Waals surface area contributed by atoms with Crippen LogP contribution in [0.1, 0.15) is 31.7 Å². The fourth-order valence-electron chi connectivity index (χ4n) is 2.50. The molecule has 0 fully saturated rings. The van der Waals surface area contributed by atoms with Crippen LogP contribution >= 0.6 is 0 Å². The number of hydrogen-bond acceptors (Lipinski definition) is 10. The molecule has 0 aliphatic rings. The van der Waals surface area contributed by atoms with E-state index in [9.17, 15) is 44.4 Å². The summed E-state index contributed by atoms with van der Waals surface area (Å²) in [6.07, 6.45) is -13.1. The molecule has 0 aromatic heterocycles. The monoisotopic (exact) mass is 460 g/mol. The van der Waals surface area contributed by atoms with Gasteiger partial charge < -0.3 is 0 Å². The molecular weight excluding hydrogens is 431 g/mol. The third-order valence-electron chi connectivity index (χ3n) is 4.00. The van der Waals surface area contributed by atoms with Crippen molar-refractivity contribution in [2.45, 2.75) is 54.4 Å². The van der Waals surface area contributed by atoms with Gasteiger partial charge in [0.2, 0.25) is 0 Å². The summed E-state index contributed by atoms with van der Waals surface area (Å²) in [5.41, 5.74) is -10.4. The molecule has 0 radical (unpaired) electrons. The number of ether oxygens (including phenoxy) is 1. The molecule has 0 rings (SSSR count). The maximum absolute atomic E-state index is 12.7. The standard InChI is InChI=1S/C16H24O10Se/c1-2-27-13(22)15(24,4-7-18)16(25,5-8-19)14(23,3-6-17)12(21)11-26-10-9-20/h6-9,12,21,23-25H,2-5,10-11H2,1H3/t12-,14-,15+,16+/m1/s1/i6D,7D,8D,9D. The Morgan fingerprint density at radius 3 is 2.07 bits per heavy atom. The first-order chi connectivity index (χ1) is 14.1. The van der Waals surface area contributed by atoms with Gasteiger partial charge in [-0.25, -0.2) is 0 Å². The zero-order valence-electron chi connectivity index (χ0n) is 18.5. The first kappa shape index (κ1) is 19.0. The van der Waals surface area contributed by atoms with Crippen LogP contribution in [0, 0.1) is 0 Å². The fraction of sp³-hybridized carbons (Fsp3) is 0.688. The molecule has 0 saturated heterocycles. The van der Waals surface area contributed by atoms with Gasteiger partial charge in [-0.1, -0.05) is 0 Å². The van der Waals surface area contributed by atoms with Crippen LogP contribution in [0.15, 0.2) is 0 Å². The van der Waals surface area contributed by atoms with E-state index in [1.165, 1.54) is 6.92 Å². The van der Waals surface area contributed by atoms with E-state index in [1.54, 1.807) is 0 Å². The molecule has 0 heterocycles. The average molecular weight is 459 g/mol. The van der Waals surface area contributed by atoms with E-state index < -0.39 is 100 Å². The zero-order chi connectivity index (χ0) is 24.6. The van der Waals surface area contributed by atoms with Gasteiger partial charge in [-0.15, -0.1) is 0 Å². The third-order valence-corrected chi connectivity index (χ3v) is 5.86. The van der Waals surface area contributed by atoms with Crippen LogP contribution in [0.2, 0.25) is 5.32 Å². The van der Waals surface area contributed by atoms with E-state index in [4.69, 9.17) is 5.48 Å². The minimum absolute atomic E-state index is 0.109. The summed E-state index contributed by atoms with van der Waals surface area (Å²) in [6.45, 7) is -0.471. The summed E-state index contributed by atoms with van der Waals surface area (Å²) in [5.74, 6) is 0. The normalized spacial score (nSPS) is 21.1. The Hall–Kier alpha value is -1.33. The van der Waals surface area contributed by atoms with E-state index >= 15 is 0 Å². The summed E-state index contributed by atoms with van der Waals surface area (Å²) in [4.78, 5) is 57.9. The summed E-state index contributed by atoms with van der Waals surface area (Å²) in [6, 6.07) is 0. The fourth-order valence-corrected chi connectivity index (χ4v) is 4.06. The molecule has 0 bridgehead atoms. The van der Waals surface area contributed by atoms with Crippen molar-refractivity contribution in [1.82, 2.24) is 0 Å². The average Bonchev–Trinajstić information content (AvgIpc) is 2.59. The van der Waals surface area contributed by atoms with Gasteiger partial charge in [0.05, 0.1) is 0 Å². The number of carbonyl (C=O) groups excluding carboxylic acids is 5. The van der Waals surface area contributed by atoms with Crippen LogP contribution in [0.25, 0.3) is 0 Å². The van der Waals surface area contributed by atoms with Crippen molar-refractivity contribution in [3.63, 3.8) is 0 Å². The number of aldehydes is 4. The predicted molar refractivity (Wildman–Crippen MR) is 91.0 cm³/mol. The van der Waals surface area contributed by atoms with Crippen molar-refractivity contribution in [3.05, 3.63) is 0 Å². The van der Waals surface area contributed by atoms with E-state index in [0.717, 1.165) is 0 Å². The topological polar surface area (TPSA) is 176 Å². The van der Waals surface area contributed by atoms with Gasteiger partial charge in [-0.2, -0.15) is 0 Å². The number of aliphatic hydroxyl groups is 4. The van der Waals surface area contributed by atoms with Crippen LogP contribution in [0.5, 0.6) is 0 Å². The molecule has 0 unspecified atom stereocenters. The number of carbonyl (C=O) groups is 5. The van der Waals surface area contributed by atoms with Gasteiger partial charge in [0.1, 0.15) is 0 Å². The van der Waals surface area contributed by atoms with Crippen molar-refractivity contribution in [2.75, 3.05) is 13.2 Å². The molecule has 27 heavy (non-hydrogen) atoms. The van der Waals surface area contributed by atoms with Gasteiger partial charge in [-0.3, -0.25) is 0 Å². The molecule has 0 amide bonds. The Kier molecular flexibility index (Phi) is 8.09. The second-order valence-electron chi connectivity index (χ2n) is 5.50. The molecule has 0 aromatic rings. The molecule has 0 saturated carbocycles. The molecule has 0 aliphatic carbocycles. The number of hydrogen-bond donors (Lipinski definition) is 4. The third kappa shape index (κ3) is 5.35. The van der Waals surface area contributed by atoms with E-state index in [1.807, 2.05) is 0 Å². The Morgan fingerprint density at radius 2 is 1.63 bits per heavy atom. The van der Waals surface area contributed by atoms with Gasteiger partial charge >= 0.3 is 167 Å². The van der Waals surface area contributed by atoms with E-state index in [-0.39, 0.29) is 5.32 Å². The second-order valence-corrected chi connectivity index (χ2v) is 8.10.